The number of halogens is 1. The number of benzene rings is 1. The Morgan fingerprint density at radius 1 is 1.62 bits per heavy atom. The van der Waals surface area contributed by atoms with Gasteiger partial charge in [-0.15, -0.1) is 0 Å². The molecule has 0 heterocycles. The molecule has 13 heavy (non-hydrogen) atoms. The van der Waals surface area contributed by atoms with E-state index >= 15 is 0 Å². The zero-order chi connectivity index (χ0) is 9.84. The van der Waals surface area contributed by atoms with Gasteiger partial charge in [0.05, 0.1) is 0 Å². The number of esters is 1. The SMILES string of the molecule is C=Cc1cc(F)ccc1OC(C)=O. The van der Waals surface area contributed by atoms with E-state index in [-0.39, 0.29) is 5.82 Å². The second-order valence-electron chi connectivity index (χ2n) is 2.48. The Balaban J connectivity index is 3.05. The van der Waals surface area contributed by atoms with Gasteiger partial charge in [-0.1, -0.05) is 12.7 Å². The van der Waals surface area contributed by atoms with Crippen LogP contribution in [0.4, 0.5) is 4.39 Å². The first-order valence-corrected chi connectivity index (χ1v) is 3.74. The lowest BCUT2D eigenvalue weighted by Crippen LogP contribution is -2.02. The Bertz CT molecular complexity index is 345. The summed E-state index contributed by atoms with van der Waals surface area (Å²) >= 11 is 0. The largest absolute Gasteiger partial charge is 0.426 e. The maximum Gasteiger partial charge on any atom is 0.308 e. The average molecular weight is 180 g/mol. The van der Waals surface area contributed by atoms with Crippen LogP contribution in [0.15, 0.2) is 24.8 Å². The molecule has 0 amide bonds. The molecule has 0 bridgehead atoms. The lowest BCUT2D eigenvalue weighted by atomic mass is 10.2. The molecular weight excluding hydrogens is 171 g/mol. The molecule has 0 aliphatic carbocycles. The third kappa shape index (κ3) is 2.40. The molecule has 0 N–H and O–H groups in total. The van der Waals surface area contributed by atoms with Gasteiger partial charge in [0.2, 0.25) is 0 Å². The molecular formula is C10H9FO2. The van der Waals surface area contributed by atoms with Crippen LogP contribution >= 0.6 is 0 Å². The standard InChI is InChI=1S/C10H9FO2/c1-3-8-6-9(11)4-5-10(8)13-7(2)12/h3-6H,1H2,2H3. The molecule has 0 radical (unpaired) electrons. The molecule has 0 saturated heterocycles. The van der Waals surface area contributed by atoms with Crippen LogP contribution in [0, 0.1) is 5.82 Å². The van der Waals surface area contributed by atoms with E-state index in [1.807, 2.05) is 0 Å². The van der Waals surface area contributed by atoms with Crippen LogP contribution in [0.5, 0.6) is 5.75 Å². The van der Waals surface area contributed by atoms with Gasteiger partial charge in [-0.05, 0) is 18.2 Å². The smallest absolute Gasteiger partial charge is 0.308 e. The first-order valence-electron chi connectivity index (χ1n) is 3.74. The second kappa shape index (κ2) is 3.85. The van der Waals surface area contributed by atoms with Crippen LogP contribution in [0.1, 0.15) is 12.5 Å². The topological polar surface area (TPSA) is 26.3 Å². The monoisotopic (exact) mass is 180 g/mol. The Hall–Kier alpha value is -1.64. The third-order valence-electron chi connectivity index (χ3n) is 1.45. The van der Waals surface area contributed by atoms with Gasteiger partial charge in [-0.25, -0.2) is 4.39 Å². The fraction of sp³-hybridized carbons (Fsp3) is 0.100. The van der Waals surface area contributed by atoms with Crippen molar-refractivity contribution < 1.29 is 13.9 Å². The van der Waals surface area contributed by atoms with Crippen LogP contribution in [0.3, 0.4) is 0 Å². The quantitative estimate of drug-likeness (QED) is 0.516. The summed E-state index contributed by atoms with van der Waals surface area (Å²) in [6.07, 6.45) is 1.43. The van der Waals surface area contributed by atoms with E-state index in [1.54, 1.807) is 0 Å². The van der Waals surface area contributed by atoms with Gasteiger partial charge >= 0.3 is 5.97 Å². The second-order valence-corrected chi connectivity index (χ2v) is 2.48. The number of carbonyl (C=O) groups excluding carboxylic acids is 1. The van der Waals surface area contributed by atoms with E-state index < -0.39 is 5.97 Å². The van der Waals surface area contributed by atoms with Gasteiger partial charge in [0.15, 0.2) is 0 Å². The molecule has 1 rings (SSSR count). The van der Waals surface area contributed by atoms with Crippen LogP contribution in [0.2, 0.25) is 0 Å². The molecule has 1 aromatic carbocycles. The third-order valence-corrected chi connectivity index (χ3v) is 1.45. The summed E-state index contributed by atoms with van der Waals surface area (Å²) in [4.78, 5) is 10.6. The van der Waals surface area contributed by atoms with E-state index in [1.165, 1.54) is 31.2 Å². The minimum absolute atomic E-state index is 0.323. The Morgan fingerprint density at radius 2 is 2.31 bits per heavy atom. The number of ether oxygens (including phenoxy) is 1. The molecule has 68 valence electrons. The van der Waals surface area contributed by atoms with Crippen molar-refractivity contribution >= 4 is 12.0 Å². The minimum atomic E-state index is -0.435. The molecule has 0 aliphatic heterocycles. The maximum absolute atomic E-state index is 12.7. The fourth-order valence-corrected chi connectivity index (χ4v) is 0.927. The van der Waals surface area contributed by atoms with Gasteiger partial charge in [-0.2, -0.15) is 0 Å². The lowest BCUT2D eigenvalue weighted by Gasteiger charge is -2.04. The van der Waals surface area contributed by atoms with Gasteiger partial charge in [-0.3, -0.25) is 4.79 Å². The van der Waals surface area contributed by atoms with E-state index in [9.17, 15) is 9.18 Å². The molecule has 0 fully saturated rings. The molecule has 0 atom stereocenters. The highest BCUT2D eigenvalue weighted by Crippen LogP contribution is 2.20. The van der Waals surface area contributed by atoms with Crippen molar-refractivity contribution in [2.75, 3.05) is 0 Å². The van der Waals surface area contributed by atoms with Crippen LogP contribution < -0.4 is 4.74 Å². The Labute approximate surface area is 75.6 Å². The van der Waals surface area contributed by atoms with E-state index in [0.717, 1.165) is 0 Å². The molecule has 0 aliphatic rings. The summed E-state index contributed by atoms with van der Waals surface area (Å²) in [7, 11) is 0. The van der Waals surface area contributed by atoms with E-state index in [4.69, 9.17) is 4.74 Å². The fourth-order valence-electron chi connectivity index (χ4n) is 0.927. The van der Waals surface area contributed by atoms with Gasteiger partial charge in [0.1, 0.15) is 11.6 Å². The summed E-state index contributed by atoms with van der Waals surface area (Å²) < 4.78 is 17.5. The van der Waals surface area contributed by atoms with Gasteiger partial charge in [0, 0.05) is 12.5 Å². The molecule has 0 saturated carbocycles. The number of hydrogen-bond donors (Lipinski definition) is 0. The molecule has 0 unspecified atom stereocenters. The molecule has 3 heteroatoms. The number of carbonyl (C=O) groups is 1. The lowest BCUT2D eigenvalue weighted by molar-refractivity contribution is -0.131. The molecule has 2 nitrogen and oxygen atoms in total. The summed E-state index contributed by atoms with van der Waals surface area (Å²) in [5, 5.41) is 0. The summed E-state index contributed by atoms with van der Waals surface area (Å²) in [6, 6.07) is 3.88. The maximum atomic E-state index is 12.7. The predicted octanol–water partition coefficient (Wildman–Crippen LogP) is 2.39. The predicted molar refractivity (Wildman–Crippen MR) is 47.8 cm³/mol. The normalized spacial score (nSPS) is 9.38. The molecule has 0 spiro atoms. The minimum Gasteiger partial charge on any atom is -0.426 e. The van der Waals surface area contributed by atoms with Crippen molar-refractivity contribution in [3.63, 3.8) is 0 Å². The van der Waals surface area contributed by atoms with Crippen molar-refractivity contribution in [3.05, 3.63) is 36.2 Å². The zero-order valence-electron chi connectivity index (χ0n) is 7.21. The van der Waals surface area contributed by atoms with Crippen LogP contribution in [-0.4, -0.2) is 5.97 Å². The number of hydrogen-bond acceptors (Lipinski definition) is 2. The highest BCUT2D eigenvalue weighted by molar-refractivity contribution is 5.71. The van der Waals surface area contributed by atoms with E-state index in [2.05, 4.69) is 6.58 Å². The van der Waals surface area contributed by atoms with Crippen molar-refractivity contribution in [1.29, 1.82) is 0 Å². The summed E-state index contributed by atoms with van der Waals surface area (Å²) in [6.45, 7) is 4.77. The van der Waals surface area contributed by atoms with Gasteiger partial charge < -0.3 is 4.74 Å². The zero-order valence-corrected chi connectivity index (χ0v) is 7.21. The first-order chi connectivity index (χ1) is 6.13. The van der Waals surface area contributed by atoms with Crippen LogP contribution in [0.25, 0.3) is 6.08 Å². The van der Waals surface area contributed by atoms with Crippen molar-refractivity contribution in [2.45, 2.75) is 6.92 Å². The van der Waals surface area contributed by atoms with Crippen molar-refractivity contribution in [2.24, 2.45) is 0 Å². The van der Waals surface area contributed by atoms with Crippen molar-refractivity contribution in [1.82, 2.24) is 0 Å². The van der Waals surface area contributed by atoms with E-state index in [0.29, 0.717) is 11.3 Å². The number of rotatable bonds is 2. The summed E-state index contributed by atoms with van der Waals surface area (Å²) in [5.74, 6) is -0.496. The molecule has 0 aromatic heterocycles. The van der Waals surface area contributed by atoms with Crippen molar-refractivity contribution in [3.8, 4) is 5.75 Å². The summed E-state index contributed by atoms with van der Waals surface area (Å²) in [5.41, 5.74) is 0.468. The molecule has 1 aromatic rings. The Kier molecular flexibility index (Phi) is 2.80. The average Bonchev–Trinajstić information content (AvgIpc) is 2.07. The Morgan fingerprint density at radius 3 is 2.85 bits per heavy atom. The highest BCUT2D eigenvalue weighted by Gasteiger charge is 2.04. The first kappa shape index (κ1) is 9.45. The van der Waals surface area contributed by atoms with Gasteiger partial charge in [0.25, 0.3) is 0 Å². The van der Waals surface area contributed by atoms with Crippen LogP contribution in [-0.2, 0) is 4.79 Å². The highest BCUT2D eigenvalue weighted by atomic mass is 19.1.